The van der Waals surface area contributed by atoms with Gasteiger partial charge in [-0.1, -0.05) is 35.5 Å². The zero-order valence-corrected chi connectivity index (χ0v) is 17.4. The highest BCUT2D eigenvalue weighted by atomic mass is 35.5. The van der Waals surface area contributed by atoms with Gasteiger partial charge in [-0.25, -0.2) is 0 Å². The monoisotopic (exact) mass is 434 g/mol. The number of hydrazine groups is 1. The van der Waals surface area contributed by atoms with Crippen molar-refractivity contribution in [2.24, 2.45) is 0 Å². The summed E-state index contributed by atoms with van der Waals surface area (Å²) in [5, 5.41) is 3.68. The van der Waals surface area contributed by atoms with Gasteiger partial charge in [0.25, 0.3) is 11.8 Å². The molecule has 0 saturated carbocycles. The van der Waals surface area contributed by atoms with Crippen LogP contribution in [0.1, 0.15) is 39.2 Å². The molecule has 0 bridgehead atoms. The van der Waals surface area contributed by atoms with Crippen LogP contribution < -0.4 is 5.43 Å². The highest BCUT2D eigenvalue weighted by Crippen LogP contribution is 2.33. The van der Waals surface area contributed by atoms with Gasteiger partial charge in [0, 0.05) is 15.3 Å². The number of amides is 2. The SMILES string of the molecule is O=C(NN1C(=O)/C(=C\c2ccc(Cl)cc2)SC1=S)c1csc2c1CCCC2. The number of thiocarbonyl (C=S) groups is 1. The van der Waals surface area contributed by atoms with E-state index >= 15 is 0 Å². The number of nitrogens with one attached hydrogen (secondary N) is 1. The number of fused-ring (bicyclic) bond motifs is 1. The predicted molar refractivity (Wildman–Crippen MR) is 115 cm³/mol. The van der Waals surface area contributed by atoms with Crippen LogP contribution in [0, 0.1) is 0 Å². The van der Waals surface area contributed by atoms with E-state index in [1.54, 1.807) is 29.5 Å². The Labute approximate surface area is 175 Å². The molecule has 1 aliphatic carbocycles. The minimum absolute atomic E-state index is 0.279. The molecule has 1 N–H and O–H groups in total. The minimum Gasteiger partial charge on any atom is -0.267 e. The first kappa shape index (κ1) is 18.7. The molecular formula is C19H15ClN2O2S3. The number of hydrogen-bond acceptors (Lipinski definition) is 5. The Hall–Kier alpha value is -1.67. The lowest BCUT2D eigenvalue weighted by Gasteiger charge is -2.17. The summed E-state index contributed by atoms with van der Waals surface area (Å²) in [6.45, 7) is 0. The van der Waals surface area contributed by atoms with Crippen molar-refractivity contribution in [3.05, 3.63) is 61.1 Å². The van der Waals surface area contributed by atoms with Crippen LogP contribution in [0.5, 0.6) is 0 Å². The van der Waals surface area contributed by atoms with Crippen molar-refractivity contribution >= 4 is 69.1 Å². The molecular weight excluding hydrogens is 420 g/mol. The first-order valence-electron chi connectivity index (χ1n) is 8.46. The number of nitrogens with zero attached hydrogens (tertiary/aromatic N) is 1. The normalized spacial score (nSPS) is 18.1. The number of carbonyl (C=O) groups is 2. The Bertz CT molecular complexity index is 966. The number of thioether (sulfide) groups is 1. The molecule has 1 saturated heterocycles. The van der Waals surface area contributed by atoms with E-state index in [2.05, 4.69) is 5.43 Å². The number of rotatable bonds is 3. The summed E-state index contributed by atoms with van der Waals surface area (Å²) in [4.78, 5) is 27.2. The molecule has 2 amide bonds. The molecule has 27 heavy (non-hydrogen) atoms. The van der Waals surface area contributed by atoms with Gasteiger partial charge in [-0.15, -0.1) is 11.3 Å². The molecule has 0 radical (unpaired) electrons. The Morgan fingerprint density at radius 3 is 2.74 bits per heavy atom. The topological polar surface area (TPSA) is 49.4 Å². The van der Waals surface area contributed by atoms with Gasteiger partial charge in [0.15, 0.2) is 4.32 Å². The maximum atomic E-state index is 12.7. The van der Waals surface area contributed by atoms with Crippen LogP contribution in [0.15, 0.2) is 34.6 Å². The molecule has 1 aliphatic heterocycles. The standard InChI is InChI=1S/C19H15ClN2O2S3/c20-12-7-5-11(6-8-12)9-16-18(24)22(19(25)27-16)21-17(23)14-10-26-15-4-2-1-3-13(14)15/h5-10H,1-4H2,(H,21,23)/b16-9+. The fourth-order valence-corrected chi connectivity index (χ4v) is 5.55. The van der Waals surface area contributed by atoms with E-state index in [9.17, 15) is 9.59 Å². The summed E-state index contributed by atoms with van der Waals surface area (Å²) in [7, 11) is 0. The van der Waals surface area contributed by atoms with Crippen molar-refractivity contribution in [3.63, 3.8) is 0 Å². The molecule has 8 heteroatoms. The third kappa shape index (κ3) is 3.82. The number of aryl methyl sites for hydroxylation is 1. The Kier molecular flexibility index (Phi) is 5.36. The summed E-state index contributed by atoms with van der Waals surface area (Å²) in [6.07, 6.45) is 5.94. The summed E-state index contributed by atoms with van der Waals surface area (Å²) >= 11 is 14.0. The van der Waals surface area contributed by atoms with Crippen LogP contribution in [-0.4, -0.2) is 21.1 Å². The van der Waals surface area contributed by atoms with Crippen LogP contribution in [0.25, 0.3) is 6.08 Å². The quantitative estimate of drug-likeness (QED) is 0.555. The Balaban J connectivity index is 1.52. The molecule has 1 aromatic carbocycles. The molecule has 1 aromatic heterocycles. The van der Waals surface area contributed by atoms with Gasteiger partial charge < -0.3 is 0 Å². The largest absolute Gasteiger partial charge is 0.285 e. The van der Waals surface area contributed by atoms with Crippen LogP contribution in [0.2, 0.25) is 5.02 Å². The molecule has 0 atom stereocenters. The maximum absolute atomic E-state index is 12.7. The van der Waals surface area contributed by atoms with Crippen LogP contribution >= 0.6 is 46.9 Å². The van der Waals surface area contributed by atoms with Crippen LogP contribution in [-0.2, 0) is 17.6 Å². The number of thiophene rings is 1. The van der Waals surface area contributed by atoms with Crippen molar-refractivity contribution in [1.29, 1.82) is 0 Å². The summed E-state index contributed by atoms with van der Waals surface area (Å²) in [5.74, 6) is -0.601. The Morgan fingerprint density at radius 1 is 1.22 bits per heavy atom. The van der Waals surface area contributed by atoms with Gasteiger partial charge in [0.1, 0.15) is 0 Å². The number of benzene rings is 1. The minimum atomic E-state index is -0.322. The second-order valence-corrected chi connectivity index (χ2v) is 9.34. The lowest BCUT2D eigenvalue weighted by atomic mass is 9.96. The summed E-state index contributed by atoms with van der Waals surface area (Å²) in [6, 6.07) is 7.17. The van der Waals surface area contributed by atoms with Gasteiger partial charge in [-0.3, -0.25) is 15.0 Å². The van der Waals surface area contributed by atoms with E-state index in [1.807, 2.05) is 17.5 Å². The van der Waals surface area contributed by atoms with Gasteiger partial charge >= 0.3 is 0 Å². The van der Waals surface area contributed by atoms with E-state index in [0.29, 0.717) is 19.8 Å². The fourth-order valence-electron chi connectivity index (χ4n) is 3.12. The smallest absolute Gasteiger partial charge is 0.267 e. The number of hydrogen-bond donors (Lipinski definition) is 1. The van der Waals surface area contributed by atoms with Crippen molar-refractivity contribution in [1.82, 2.24) is 10.4 Å². The van der Waals surface area contributed by atoms with Crippen molar-refractivity contribution < 1.29 is 9.59 Å². The maximum Gasteiger partial charge on any atom is 0.285 e. The molecule has 4 nitrogen and oxygen atoms in total. The highest BCUT2D eigenvalue weighted by Gasteiger charge is 2.34. The first-order chi connectivity index (χ1) is 13.0. The van der Waals surface area contributed by atoms with E-state index in [-0.39, 0.29) is 11.8 Å². The van der Waals surface area contributed by atoms with E-state index in [0.717, 1.165) is 35.4 Å². The highest BCUT2D eigenvalue weighted by molar-refractivity contribution is 8.26. The molecule has 4 rings (SSSR count). The van der Waals surface area contributed by atoms with Gasteiger partial charge in [0.2, 0.25) is 0 Å². The molecule has 138 valence electrons. The molecule has 2 heterocycles. The fraction of sp³-hybridized carbons (Fsp3) is 0.211. The Morgan fingerprint density at radius 2 is 1.96 bits per heavy atom. The van der Waals surface area contributed by atoms with E-state index in [1.165, 1.54) is 23.1 Å². The van der Waals surface area contributed by atoms with Gasteiger partial charge in [-0.05, 0) is 67.2 Å². The molecule has 2 aromatic rings. The lowest BCUT2D eigenvalue weighted by molar-refractivity contribution is -0.123. The van der Waals surface area contributed by atoms with Gasteiger partial charge in [0.05, 0.1) is 10.5 Å². The summed E-state index contributed by atoms with van der Waals surface area (Å²) in [5.41, 5.74) is 5.30. The van der Waals surface area contributed by atoms with Crippen LogP contribution in [0.4, 0.5) is 0 Å². The molecule has 0 spiro atoms. The number of carbonyl (C=O) groups excluding carboxylic acids is 2. The number of halogens is 1. The third-order valence-corrected chi connectivity index (χ3v) is 7.12. The third-order valence-electron chi connectivity index (χ3n) is 4.48. The average molecular weight is 435 g/mol. The average Bonchev–Trinajstić information content (AvgIpc) is 3.20. The second-order valence-electron chi connectivity index (χ2n) is 6.27. The molecule has 0 unspecified atom stereocenters. The summed E-state index contributed by atoms with van der Waals surface area (Å²) < 4.78 is 0.317. The zero-order valence-electron chi connectivity index (χ0n) is 14.2. The van der Waals surface area contributed by atoms with Crippen molar-refractivity contribution in [2.45, 2.75) is 25.7 Å². The predicted octanol–water partition coefficient (Wildman–Crippen LogP) is 4.83. The second kappa shape index (κ2) is 7.75. The lowest BCUT2D eigenvalue weighted by Crippen LogP contribution is -2.45. The van der Waals surface area contributed by atoms with Crippen molar-refractivity contribution in [2.75, 3.05) is 0 Å². The molecule has 1 fully saturated rings. The van der Waals surface area contributed by atoms with Gasteiger partial charge in [-0.2, -0.15) is 5.01 Å². The molecule has 2 aliphatic rings. The first-order valence-corrected chi connectivity index (χ1v) is 10.9. The van der Waals surface area contributed by atoms with Crippen LogP contribution in [0.3, 0.4) is 0 Å². The van der Waals surface area contributed by atoms with E-state index < -0.39 is 0 Å². The van der Waals surface area contributed by atoms with E-state index in [4.69, 9.17) is 23.8 Å². The van der Waals surface area contributed by atoms with Crippen molar-refractivity contribution in [3.8, 4) is 0 Å². The zero-order chi connectivity index (χ0) is 19.0.